The zero-order chi connectivity index (χ0) is 26.0. The molecule has 0 aliphatic carbocycles. The van der Waals surface area contributed by atoms with E-state index in [2.05, 4.69) is 5.32 Å². The Balaban J connectivity index is 2.12. The largest absolute Gasteiger partial charge is 0.354 e. The fourth-order valence-electron chi connectivity index (χ4n) is 3.84. The highest BCUT2D eigenvalue weighted by Gasteiger charge is 2.29. The number of carbonyl (C=O) groups is 2. The Kier molecular flexibility index (Phi) is 10.9. The van der Waals surface area contributed by atoms with Crippen molar-refractivity contribution in [3.8, 4) is 0 Å². The molecular formula is C27H39N3O4S. The molecule has 2 aromatic carbocycles. The van der Waals surface area contributed by atoms with Crippen molar-refractivity contribution in [1.82, 2.24) is 14.5 Å². The van der Waals surface area contributed by atoms with Gasteiger partial charge in [-0.3, -0.25) is 9.59 Å². The van der Waals surface area contributed by atoms with Crippen LogP contribution in [0.25, 0.3) is 0 Å². The Bertz CT molecular complexity index is 1070. The molecule has 35 heavy (non-hydrogen) atoms. The van der Waals surface area contributed by atoms with Crippen molar-refractivity contribution in [1.29, 1.82) is 0 Å². The van der Waals surface area contributed by atoms with Gasteiger partial charge >= 0.3 is 0 Å². The van der Waals surface area contributed by atoms with Gasteiger partial charge < -0.3 is 10.2 Å². The number of rotatable bonds is 13. The van der Waals surface area contributed by atoms with Crippen LogP contribution in [0.3, 0.4) is 0 Å². The topological polar surface area (TPSA) is 86.8 Å². The maximum Gasteiger partial charge on any atom is 0.242 e. The fraction of sp³-hybridized carbons (Fsp3) is 0.481. The zero-order valence-electron chi connectivity index (χ0n) is 21.5. The van der Waals surface area contributed by atoms with Gasteiger partial charge in [0.1, 0.15) is 6.04 Å². The predicted molar refractivity (Wildman–Crippen MR) is 139 cm³/mol. The first-order valence-corrected chi connectivity index (χ1v) is 13.6. The van der Waals surface area contributed by atoms with E-state index in [9.17, 15) is 18.0 Å². The van der Waals surface area contributed by atoms with Crippen LogP contribution in [0.4, 0.5) is 0 Å². The van der Waals surface area contributed by atoms with Gasteiger partial charge in [-0.25, -0.2) is 12.7 Å². The molecule has 192 valence electrons. The predicted octanol–water partition coefficient (Wildman–Crippen LogP) is 3.98. The van der Waals surface area contributed by atoms with Crippen LogP contribution >= 0.6 is 0 Å². The van der Waals surface area contributed by atoms with Crippen molar-refractivity contribution < 1.29 is 18.0 Å². The first kappa shape index (κ1) is 28.5. The van der Waals surface area contributed by atoms with Crippen molar-refractivity contribution in [2.24, 2.45) is 5.92 Å². The first-order valence-electron chi connectivity index (χ1n) is 12.2. The summed E-state index contributed by atoms with van der Waals surface area (Å²) in [5, 5.41) is 2.96. The number of aryl methyl sites for hydroxylation is 1. The van der Waals surface area contributed by atoms with Crippen LogP contribution in [0.5, 0.6) is 0 Å². The van der Waals surface area contributed by atoms with Gasteiger partial charge in [0.2, 0.25) is 21.8 Å². The van der Waals surface area contributed by atoms with Gasteiger partial charge in [0, 0.05) is 33.1 Å². The molecule has 0 saturated carbocycles. The summed E-state index contributed by atoms with van der Waals surface area (Å²) in [6.45, 7) is 9.02. The molecule has 0 aliphatic heterocycles. The monoisotopic (exact) mass is 501 g/mol. The Morgan fingerprint density at radius 3 is 2.31 bits per heavy atom. The maximum absolute atomic E-state index is 13.4. The number of benzene rings is 2. The second-order valence-electron chi connectivity index (χ2n) is 9.32. The van der Waals surface area contributed by atoms with Crippen molar-refractivity contribution in [2.45, 2.75) is 64.4 Å². The molecular weight excluding hydrogens is 462 g/mol. The highest BCUT2D eigenvalue weighted by atomic mass is 32.2. The van der Waals surface area contributed by atoms with Crippen LogP contribution in [-0.4, -0.2) is 55.6 Å². The van der Waals surface area contributed by atoms with E-state index in [0.717, 1.165) is 11.1 Å². The van der Waals surface area contributed by atoms with Gasteiger partial charge in [-0.05, 0) is 43.4 Å². The molecule has 1 atom stereocenters. The summed E-state index contributed by atoms with van der Waals surface area (Å²) in [7, 11) is -2.10. The average Bonchev–Trinajstić information content (AvgIpc) is 2.83. The summed E-state index contributed by atoms with van der Waals surface area (Å²) >= 11 is 0. The minimum Gasteiger partial charge on any atom is -0.354 e. The lowest BCUT2D eigenvalue weighted by molar-refractivity contribution is -0.141. The minimum atomic E-state index is -3.62. The lowest BCUT2D eigenvalue weighted by Gasteiger charge is -2.31. The SMILES string of the molecule is CC[C@H](C(=O)NCC(C)C)N(Cc1cccc(C)c1)C(=O)CCCN(C)S(=O)(=O)c1ccccc1. The maximum atomic E-state index is 13.4. The molecule has 0 aliphatic rings. The van der Waals surface area contributed by atoms with Crippen LogP contribution < -0.4 is 5.32 Å². The van der Waals surface area contributed by atoms with E-state index < -0.39 is 16.1 Å². The van der Waals surface area contributed by atoms with E-state index in [1.54, 1.807) is 35.2 Å². The third kappa shape index (κ3) is 8.47. The van der Waals surface area contributed by atoms with Crippen molar-refractivity contribution in [3.63, 3.8) is 0 Å². The third-order valence-corrected chi connectivity index (χ3v) is 7.69. The van der Waals surface area contributed by atoms with Crippen molar-refractivity contribution in [3.05, 3.63) is 65.7 Å². The number of hydrogen-bond acceptors (Lipinski definition) is 4. The molecule has 0 unspecified atom stereocenters. The van der Waals surface area contributed by atoms with Gasteiger partial charge in [-0.15, -0.1) is 0 Å². The number of carbonyl (C=O) groups excluding carboxylic acids is 2. The third-order valence-electron chi connectivity index (χ3n) is 5.82. The number of sulfonamides is 1. The van der Waals surface area contributed by atoms with Crippen LogP contribution in [-0.2, 0) is 26.2 Å². The highest BCUT2D eigenvalue weighted by molar-refractivity contribution is 7.89. The van der Waals surface area contributed by atoms with Crippen molar-refractivity contribution in [2.75, 3.05) is 20.1 Å². The highest BCUT2D eigenvalue weighted by Crippen LogP contribution is 2.17. The molecule has 0 aromatic heterocycles. The van der Waals surface area contributed by atoms with E-state index in [1.807, 2.05) is 52.0 Å². The standard InChI is InChI=1S/C27H39N3O4S/c1-6-25(27(32)28-19-21(2)3)30(20-23-13-10-12-22(4)18-23)26(31)16-11-17-29(5)35(33,34)24-14-8-7-9-15-24/h7-10,12-15,18,21,25H,6,11,16-17,19-20H2,1-5H3,(H,28,32)/t25-/m1/s1. The normalized spacial score (nSPS) is 12.5. The van der Waals surface area contributed by atoms with Crippen LogP contribution in [0, 0.1) is 12.8 Å². The summed E-state index contributed by atoms with van der Waals surface area (Å²) in [6, 6.07) is 15.6. The average molecular weight is 502 g/mol. The Morgan fingerprint density at radius 2 is 1.71 bits per heavy atom. The lowest BCUT2D eigenvalue weighted by atomic mass is 10.1. The first-order chi connectivity index (χ1) is 16.6. The summed E-state index contributed by atoms with van der Waals surface area (Å²) in [4.78, 5) is 28.2. The molecule has 0 spiro atoms. The molecule has 2 aromatic rings. The molecule has 1 N–H and O–H groups in total. The number of nitrogens with zero attached hydrogens (tertiary/aromatic N) is 2. The number of nitrogens with one attached hydrogen (secondary N) is 1. The molecule has 8 heteroatoms. The van der Waals surface area contributed by atoms with Crippen LogP contribution in [0.2, 0.25) is 0 Å². The molecule has 0 heterocycles. The molecule has 0 radical (unpaired) electrons. The van der Waals surface area contributed by atoms with E-state index in [-0.39, 0.29) is 29.7 Å². The van der Waals surface area contributed by atoms with E-state index >= 15 is 0 Å². The fourth-order valence-corrected chi connectivity index (χ4v) is 5.07. The second kappa shape index (κ2) is 13.4. The minimum absolute atomic E-state index is 0.147. The lowest BCUT2D eigenvalue weighted by Crippen LogP contribution is -2.49. The Morgan fingerprint density at radius 1 is 1.03 bits per heavy atom. The van der Waals surface area contributed by atoms with Crippen LogP contribution in [0.1, 0.15) is 51.2 Å². The van der Waals surface area contributed by atoms with Gasteiger partial charge in [0.25, 0.3) is 0 Å². The van der Waals surface area contributed by atoms with E-state index in [0.29, 0.717) is 31.8 Å². The van der Waals surface area contributed by atoms with Gasteiger partial charge in [0.05, 0.1) is 4.90 Å². The zero-order valence-corrected chi connectivity index (χ0v) is 22.3. The van der Waals surface area contributed by atoms with Crippen molar-refractivity contribution >= 4 is 21.8 Å². The van der Waals surface area contributed by atoms with E-state index in [1.165, 1.54) is 11.4 Å². The molecule has 2 amide bonds. The molecule has 2 rings (SSSR count). The van der Waals surface area contributed by atoms with Gasteiger partial charge in [-0.1, -0.05) is 68.8 Å². The second-order valence-corrected chi connectivity index (χ2v) is 11.4. The summed E-state index contributed by atoms with van der Waals surface area (Å²) < 4.78 is 26.8. The smallest absolute Gasteiger partial charge is 0.242 e. The summed E-state index contributed by atoms with van der Waals surface area (Å²) in [6.07, 6.45) is 0.994. The number of amides is 2. The van der Waals surface area contributed by atoms with Crippen LogP contribution in [0.15, 0.2) is 59.5 Å². The Labute approximate surface area is 210 Å². The molecule has 0 fully saturated rings. The quantitative estimate of drug-likeness (QED) is 0.450. The Hall–Kier alpha value is -2.71. The summed E-state index contributed by atoms with van der Waals surface area (Å²) in [5.41, 5.74) is 2.04. The molecule has 0 bridgehead atoms. The van der Waals surface area contributed by atoms with Gasteiger partial charge in [0.15, 0.2) is 0 Å². The van der Waals surface area contributed by atoms with E-state index in [4.69, 9.17) is 0 Å². The van der Waals surface area contributed by atoms with Gasteiger partial charge in [-0.2, -0.15) is 0 Å². The molecule has 0 saturated heterocycles. The molecule has 7 nitrogen and oxygen atoms in total. The number of hydrogen-bond donors (Lipinski definition) is 1. The summed E-state index contributed by atoms with van der Waals surface area (Å²) in [5.74, 6) is -0.0194.